The van der Waals surface area contributed by atoms with Crippen LogP contribution in [0.25, 0.3) is 10.2 Å². The lowest BCUT2D eigenvalue weighted by Gasteiger charge is -2.08. The molecule has 0 spiro atoms. The van der Waals surface area contributed by atoms with Gasteiger partial charge in [0.1, 0.15) is 12.4 Å². The summed E-state index contributed by atoms with van der Waals surface area (Å²) in [5.74, 6) is -2.93. The van der Waals surface area contributed by atoms with Gasteiger partial charge in [-0.25, -0.2) is 17.2 Å². The number of sulfone groups is 1. The molecule has 3 rings (SSSR count). The van der Waals surface area contributed by atoms with Gasteiger partial charge in [-0.15, -0.1) is 0 Å². The largest absolute Gasteiger partial charge is 0.465 e. The van der Waals surface area contributed by atoms with Crippen molar-refractivity contribution in [1.29, 1.82) is 0 Å². The first-order valence-corrected chi connectivity index (χ1v) is 12.4. The maximum absolute atomic E-state index is 14.5. The van der Waals surface area contributed by atoms with E-state index in [1.807, 2.05) is 0 Å². The minimum atomic E-state index is -3.44. The Hall–Kier alpha value is -2.92. The molecule has 0 aliphatic carbocycles. The fourth-order valence-corrected chi connectivity index (χ4v) is 5.23. The third kappa shape index (κ3) is 5.53. The molecule has 1 aromatic heterocycles. The Balaban J connectivity index is 1.96. The van der Waals surface area contributed by atoms with E-state index in [-0.39, 0.29) is 32.9 Å². The quantitative estimate of drug-likeness (QED) is 0.468. The van der Waals surface area contributed by atoms with Crippen molar-refractivity contribution in [2.24, 2.45) is 4.99 Å². The van der Waals surface area contributed by atoms with Crippen molar-refractivity contribution in [3.63, 3.8) is 0 Å². The van der Waals surface area contributed by atoms with E-state index in [1.54, 1.807) is 20.8 Å². The van der Waals surface area contributed by atoms with Gasteiger partial charge in [-0.2, -0.15) is 4.99 Å². The van der Waals surface area contributed by atoms with Gasteiger partial charge < -0.3 is 9.30 Å². The molecule has 0 aliphatic rings. The number of amides is 1. The van der Waals surface area contributed by atoms with Gasteiger partial charge in [0.05, 0.1) is 33.4 Å². The molecule has 1 heterocycles. The number of nitrogens with zero attached hydrogens (tertiary/aromatic N) is 2. The normalized spacial score (nSPS) is 12.5. The number of carbonyl (C=O) groups is 2. The Bertz CT molecular complexity index is 1370. The lowest BCUT2D eigenvalue weighted by Crippen LogP contribution is -2.23. The third-order valence-corrected chi connectivity index (χ3v) is 7.93. The van der Waals surface area contributed by atoms with Crippen LogP contribution in [0.1, 0.15) is 26.3 Å². The van der Waals surface area contributed by atoms with Crippen LogP contribution in [0, 0.1) is 11.6 Å². The summed E-state index contributed by atoms with van der Waals surface area (Å²) in [6.45, 7) is 4.50. The molecule has 2 aromatic carbocycles. The lowest BCUT2D eigenvalue weighted by molar-refractivity contribution is -0.143. The van der Waals surface area contributed by atoms with Crippen LogP contribution >= 0.6 is 11.3 Å². The Morgan fingerprint density at radius 1 is 1.15 bits per heavy atom. The predicted molar refractivity (Wildman–Crippen MR) is 119 cm³/mol. The van der Waals surface area contributed by atoms with Crippen LogP contribution in [0.2, 0.25) is 0 Å². The summed E-state index contributed by atoms with van der Waals surface area (Å²) in [5, 5.41) is -0.576. The zero-order valence-electron chi connectivity index (χ0n) is 18.2. The summed E-state index contributed by atoms with van der Waals surface area (Å²) >= 11 is 0.869. The number of benzene rings is 2. The van der Waals surface area contributed by atoms with Gasteiger partial charge in [0.15, 0.2) is 20.5 Å². The van der Waals surface area contributed by atoms with Crippen LogP contribution in [-0.2, 0) is 37.1 Å². The summed E-state index contributed by atoms with van der Waals surface area (Å²) in [6.07, 6.45) is -0.146. The average molecular weight is 497 g/mol. The third-order valence-electron chi connectivity index (χ3n) is 4.74. The van der Waals surface area contributed by atoms with Crippen LogP contribution in [0.4, 0.5) is 8.78 Å². The molecular weight excluding hydrogens is 474 g/mol. The molecule has 0 aliphatic heterocycles. The van der Waals surface area contributed by atoms with Crippen molar-refractivity contribution in [3.8, 4) is 0 Å². The number of esters is 1. The van der Waals surface area contributed by atoms with Crippen molar-refractivity contribution < 1.29 is 31.5 Å². The molecule has 3 aromatic rings. The number of rotatable bonds is 7. The van der Waals surface area contributed by atoms with Crippen LogP contribution < -0.4 is 4.80 Å². The van der Waals surface area contributed by atoms with E-state index in [1.165, 1.54) is 28.8 Å². The molecule has 33 heavy (non-hydrogen) atoms. The summed E-state index contributed by atoms with van der Waals surface area (Å²) in [6, 6.07) is 7.69. The molecule has 0 fully saturated rings. The van der Waals surface area contributed by atoms with Crippen LogP contribution in [0.15, 0.2) is 46.3 Å². The van der Waals surface area contributed by atoms with Crippen LogP contribution in [-0.4, -0.2) is 36.7 Å². The molecule has 1 amide bonds. The molecule has 0 radical (unpaired) electrons. The highest BCUT2D eigenvalue weighted by Crippen LogP contribution is 2.22. The number of ether oxygens (including phenoxy) is 1. The van der Waals surface area contributed by atoms with Crippen molar-refractivity contribution in [1.82, 2.24) is 4.57 Å². The van der Waals surface area contributed by atoms with E-state index >= 15 is 0 Å². The van der Waals surface area contributed by atoms with Gasteiger partial charge in [0, 0.05) is 6.07 Å². The number of halogens is 2. The summed E-state index contributed by atoms with van der Waals surface area (Å²) < 4.78 is 58.9. The van der Waals surface area contributed by atoms with E-state index in [2.05, 4.69) is 4.99 Å². The predicted octanol–water partition coefficient (Wildman–Crippen LogP) is 3.40. The second-order valence-electron chi connectivity index (χ2n) is 7.43. The average Bonchev–Trinajstić information content (AvgIpc) is 3.05. The Kier molecular flexibility index (Phi) is 7.43. The lowest BCUT2D eigenvalue weighted by atomic mass is 10.1. The van der Waals surface area contributed by atoms with Crippen molar-refractivity contribution in [2.45, 2.75) is 43.9 Å². The van der Waals surface area contributed by atoms with Gasteiger partial charge in [0.25, 0.3) is 5.91 Å². The molecule has 0 bridgehead atoms. The zero-order valence-corrected chi connectivity index (χ0v) is 19.8. The van der Waals surface area contributed by atoms with Gasteiger partial charge in [-0.3, -0.25) is 9.59 Å². The zero-order chi connectivity index (χ0) is 24.3. The number of thiazole rings is 1. The molecule has 11 heteroatoms. The first kappa shape index (κ1) is 24.7. The maximum Gasteiger partial charge on any atom is 0.326 e. The van der Waals surface area contributed by atoms with Gasteiger partial charge in [0.2, 0.25) is 0 Å². The first-order chi connectivity index (χ1) is 15.5. The highest BCUT2D eigenvalue weighted by atomic mass is 32.2. The van der Waals surface area contributed by atoms with E-state index in [9.17, 15) is 26.8 Å². The van der Waals surface area contributed by atoms with Gasteiger partial charge in [-0.05, 0) is 44.5 Å². The molecule has 0 atom stereocenters. The highest BCUT2D eigenvalue weighted by molar-refractivity contribution is 7.92. The van der Waals surface area contributed by atoms with Crippen molar-refractivity contribution in [3.05, 3.63) is 58.4 Å². The topological polar surface area (TPSA) is 94.8 Å². The van der Waals surface area contributed by atoms with Crippen LogP contribution in [0.3, 0.4) is 0 Å². The monoisotopic (exact) mass is 496 g/mol. The molecule has 0 saturated carbocycles. The second kappa shape index (κ2) is 9.92. The minimum absolute atomic E-state index is 0.0200. The van der Waals surface area contributed by atoms with E-state index in [0.717, 1.165) is 17.4 Å². The molecule has 0 N–H and O–H groups in total. The number of carbonyl (C=O) groups excluding carboxylic acids is 2. The van der Waals surface area contributed by atoms with Gasteiger partial charge >= 0.3 is 5.97 Å². The summed E-state index contributed by atoms with van der Waals surface area (Å²) in [4.78, 5) is 28.8. The fourth-order valence-electron chi connectivity index (χ4n) is 3.09. The highest BCUT2D eigenvalue weighted by Gasteiger charge is 2.19. The van der Waals surface area contributed by atoms with Crippen LogP contribution in [0.5, 0.6) is 0 Å². The summed E-state index contributed by atoms with van der Waals surface area (Å²) in [5.41, 5.74) is 0.478. The van der Waals surface area contributed by atoms with E-state index in [4.69, 9.17) is 4.74 Å². The summed E-state index contributed by atoms with van der Waals surface area (Å²) in [7, 11) is -3.44. The fraction of sp³-hybridized carbons (Fsp3) is 0.318. The molecule has 0 saturated heterocycles. The van der Waals surface area contributed by atoms with Gasteiger partial charge in [-0.1, -0.05) is 23.5 Å². The Morgan fingerprint density at radius 2 is 1.82 bits per heavy atom. The molecule has 176 valence electrons. The van der Waals surface area contributed by atoms with Crippen molar-refractivity contribution >= 4 is 43.3 Å². The van der Waals surface area contributed by atoms with E-state index in [0.29, 0.717) is 11.6 Å². The minimum Gasteiger partial charge on any atom is -0.465 e. The standard InChI is InChI=1S/C22H22F2N2O5S2/c1-4-31-20(28)12-26-21-17(24)10-15(23)11-18(21)32-22(26)25-19(27)9-14-5-7-16(8-6-14)33(29,30)13(2)3/h5-8,10-11,13H,4,9,12H2,1-3H3. The SMILES string of the molecule is CCOC(=O)Cn1c(=NC(=O)Cc2ccc(S(=O)(=O)C(C)C)cc2)sc2cc(F)cc(F)c21. The number of hydrogen-bond donors (Lipinski definition) is 0. The van der Waals surface area contributed by atoms with Crippen molar-refractivity contribution in [2.75, 3.05) is 6.61 Å². The maximum atomic E-state index is 14.5. The second-order valence-corrected chi connectivity index (χ2v) is 10.9. The smallest absolute Gasteiger partial charge is 0.326 e. The van der Waals surface area contributed by atoms with E-state index < -0.39 is 45.1 Å². The number of fused-ring (bicyclic) bond motifs is 1. The molecule has 7 nitrogen and oxygen atoms in total. The number of aromatic nitrogens is 1. The Labute approximate surface area is 193 Å². The molecule has 0 unspecified atom stereocenters. The number of hydrogen-bond acceptors (Lipinski definition) is 6. The Morgan fingerprint density at radius 3 is 2.42 bits per heavy atom. The first-order valence-electron chi connectivity index (χ1n) is 10.1. The molecular formula is C22H22F2N2O5S2.